The van der Waals surface area contributed by atoms with Crippen molar-refractivity contribution >= 4 is 32.6 Å². The van der Waals surface area contributed by atoms with E-state index in [9.17, 15) is 4.79 Å². The maximum absolute atomic E-state index is 12.9. The van der Waals surface area contributed by atoms with Crippen molar-refractivity contribution in [3.8, 4) is 0 Å². The predicted octanol–water partition coefficient (Wildman–Crippen LogP) is 3.59. The summed E-state index contributed by atoms with van der Waals surface area (Å²) in [4.78, 5) is 23.5. The average molecular weight is 354 g/mol. The van der Waals surface area contributed by atoms with Crippen LogP contribution >= 0.6 is 11.3 Å². The Labute approximate surface area is 151 Å². The molecule has 130 valence electrons. The van der Waals surface area contributed by atoms with Gasteiger partial charge in [0.25, 0.3) is 5.91 Å². The first-order valence-electron chi connectivity index (χ1n) is 8.21. The lowest BCUT2D eigenvalue weighted by atomic mass is 10.1. The number of aromatic nitrogens is 2. The van der Waals surface area contributed by atoms with Gasteiger partial charge in [-0.2, -0.15) is 0 Å². The highest BCUT2D eigenvalue weighted by atomic mass is 32.1. The first-order valence-corrected chi connectivity index (χ1v) is 9.02. The Morgan fingerprint density at radius 1 is 1.32 bits per heavy atom. The van der Waals surface area contributed by atoms with Crippen molar-refractivity contribution in [1.29, 1.82) is 0 Å². The number of carbonyl (C=O) groups excluding carboxylic acids is 1. The van der Waals surface area contributed by atoms with Gasteiger partial charge in [0.15, 0.2) is 5.13 Å². The largest absolute Gasteiger partial charge is 0.375 e. The third-order valence-electron chi connectivity index (χ3n) is 4.54. The molecule has 0 aliphatic carbocycles. The van der Waals surface area contributed by atoms with E-state index in [4.69, 9.17) is 5.73 Å². The molecule has 3 rings (SSSR count). The molecule has 5 nitrogen and oxygen atoms in total. The number of nitrogens with zero attached hydrogens (tertiary/aromatic N) is 3. The molecule has 6 heteroatoms. The number of anilines is 1. The Morgan fingerprint density at radius 3 is 2.80 bits per heavy atom. The van der Waals surface area contributed by atoms with Gasteiger partial charge in [-0.3, -0.25) is 9.78 Å². The standard InChI is InChI=1S/C19H22N4OS/c1-11-6-5-7-21-15(11)9-13(3)23(4)18(24)14-8-12(2)17-16(10-14)25-19(20)22-17/h5-8,10,13H,9H2,1-4H3,(H2,20,22)/t13-/m0/s1. The maximum atomic E-state index is 12.9. The minimum Gasteiger partial charge on any atom is -0.375 e. The van der Waals surface area contributed by atoms with Crippen LogP contribution in [-0.2, 0) is 6.42 Å². The van der Waals surface area contributed by atoms with Crippen molar-refractivity contribution in [2.75, 3.05) is 12.8 Å². The zero-order chi connectivity index (χ0) is 18.1. The van der Waals surface area contributed by atoms with Gasteiger partial charge < -0.3 is 10.6 Å². The summed E-state index contributed by atoms with van der Waals surface area (Å²) in [6, 6.07) is 7.79. The second-order valence-electron chi connectivity index (χ2n) is 6.43. The second-order valence-corrected chi connectivity index (χ2v) is 7.49. The number of hydrogen-bond donors (Lipinski definition) is 1. The van der Waals surface area contributed by atoms with Crippen LogP contribution in [0.25, 0.3) is 10.2 Å². The van der Waals surface area contributed by atoms with Gasteiger partial charge in [0.2, 0.25) is 0 Å². The molecule has 2 aromatic heterocycles. The number of rotatable bonds is 4. The lowest BCUT2D eigenvalue weighted by Crippen LogP contribution is -2.36. The summed E-state index contributed by atoms with van der Waals surface area (Å²) in [7, 11) is 1.84. The van der Waals surface area contributed by atoms with Gasteiger partial charge in [0, 0.05) is 37.0 Å². The van der Waals surface area contributed by atoms with Crippen molar-refractivity contribution in [3.05, 3.63) is 52.8 Å². The number of likely N-dealkylation sites (N-methyl/N-ethyl adjacent to an activating group) is 1. The fraction of sp³-hybridized carbons (Fsp3) is 0.316. The zero-order valence-corrected chi connectivity index (χ0v) is 15.7. The molecule has 0 radical (unpaired) electrons. The van der Waals surface area contributed by atoms with Crippen LogP contribution < -0.4 is 5.73 Å². The van der Waals surface area contributed by atoms with Crippen molar-refractivity contribution in [3.63, 3.8) is 0 Å². The fourth-order valence-electron chi connectivity index (χ4n) is 2.89. The van der Waals surface area contributed by atoms with Crippen LogP contribution in [0.15, 0.2) is 30.5 Å². The van der Waals surface area contributed by atoms with Gasteiger partial charge in [0.05, 0.1) is 10.2 Å². The minimum absolute atomic E-state index is 0.00180. The van der Waals surface area contributed by atoms with E-state index in [1.165, 1.54) is 11.3 Å². The quantitative estimate of drug-likeness (QED) is 0.777. The Balaban J connectivity index is 1.83. The molecular formula is C19H22N4OS. The van der Waals surface area contributed by atoms with Crippen LogP contribution in [0.1, 0.15) is 34.1 Å². The zero-order valence-electron chi connectivity index (χ0n) is 14.9. The summed E-state index contributed by atoms with van der Waals surface area (Å²) in [5.74, 6) is -0.00180. The van der Waals surface area contributed by atoms with Crippen molar-refractivity contribution < 1.29 is 4.79 Å². The SMILES string of the molecule is Cc1cccnc1C[C@H](C)N(C)C(=O)c1cc(C)c2nc(N)sc2c1. The summed E-state index contributed by atoms with van der Waals surface area (Å²) < 4.78 is 0.947. The van der Waals surface area contributed by atoms with E-state index in [2.05, 4.69) is 9.97 Å². The van der Waals surface area contributed by atoms with Gasteiger partial charge in [0.1, 0.15) is 0 Å². The number of nitrogens with two attached hydrogens (primary N) is 1. The Morgan fingerprint density at radius 2 is 2.08 bits per heavy atom. The molecule has 1 atom stereocenters. The molecule has 0 saturated heterocycles. The van der Waals surface area contributed by atoms with Crippen LogP contribution in [0.3, 0.4) is 0 Å². The maximum Gasteiger partial charge on any atom is 0.253 e. The van der Waals surface area contributed by atoms with E-state index in [0.29, 0.717) is 10.7 Å². The molecule has 0 aliphatic heterocycles. The van der Waals surface area contributed by atoms with E-state index >= 15 is 0 Å². The molecule has 0 spiro atoms. The Kier molecular flexibility index (Phi) is 4.72. The van der Waals surface area contributed by atoms with E-state index < -0.39 is 0 Å². The van der Waals surface area contributed by atoms with Crippen LogP contribution in [0, 0.1) is 13.8 Å². The fourth-order valence-corrected chi connectivity index (χ4v) is 3.74. The first-order chi connectivity index (χ1) is 11.9. The number of amides is 1. The number of aryl methyl sites for hydroxylation is 2. The van der Waals surface area contributed by atoms with E-state index in [1.54, 1.807) is 11.1 Å². The van der Waals surface area contributed by atoms with Gasteiger partial charge >= 0.3 is 0 Å². The number of thiazole rings is 1. The third-order valence-corrected chi connectivity index (χ3v) is 5.37. The molecule has 25 heavy (non-hydrogen) atoms. The second kappa shape index (κ2) is 6.80. The highest BCUT2D eigenvalue weighted by molar-refractivity contribution is 7.22. The smallest absolute Gasteiger partial charge is 0.253 e. The Hall–Kier alpha value is -2.47. The minimum atomic E-state index is -0.00180. The number of benzene rings is 1. The summed E-state index contributed by atoms with van der Waals surface area (Å²) in [6.45, 7) is 6.05. The highest BCUT2D eigenvalue weighted by Gasteiger charge is 2.20. The van der Waals surface area contributed by atoms with E-state index in [0.717, 1.165) is 33.5 Å². The highest BCUT2D eigenvalue weighted by Crippen LogP contribution is 2.28. The number of pyridine rings is 1. The molecule has 0 aliphatic rings. The van der Waals surface area contributed by atoms with Crippen LogP contribution in [-0.4, -0.2) is 33.9 Å². The molecule has 2 heterocycles. The lowest BCUT2D eigenvalue weighted by molar-refractivity contribution is 0.0743. The van der Waals surface area contributed by atoms with Gasteiger partial charge in [-0.25, -0.2) is 4.98 Å². The average Bonchev–Trinajstić information content (AvgIpc) is 2.96. The normalized spacial score (nSPS) is 12.3. The van der Waals surface area contributed by atoms with Crippen LogP contribution in [0.4, 0.5) is 5.13 Å². The lowest BCUT2D eigenvalue weighted by Gasteiger charge is -2.25. The molecule has 0 unspecified atom stereocenters. The monoisotopic (exact) mass is 354 g/mol. The molecule has 0 saturated carbocycles. The molecule has 2 N–H and O–H groups in total. The molecule has 1 amide bonds. The van der Waals surface area contributed by atoms with Gasteiger partial charge in [-0.15, -0.1) is 0 Å². The number of carbonyl (C=O) groups is 1. The Bertz CT molecular complexity index is 934. The molecule has 0 bridgehead atoms. The predicted molar refractivity (Wildman–Crippen MR) is 103 cm³/mol. The first kappa shape index (κ1) is 17.4. The topological polar surface area (TPSA) is 72.1 Å². The van der Waals surface area contributed by atoms with E-state index in [-0.39, 0.29) is 11.9 Å². The number of nitrogen functional groups attached to an aromatic ring is 1. The summed E-state index contributed by atoms with van der Waals surface area (Å²) in [6.07, 6.45) is 2.52. The van der Waals surface area contributed by atoms with Crippen molar-refractivity contribution in [2.45, 2.75) is 33.2 Å². The third kappa shape index (κ3) is 3.49. The number of fused-ring (bicyclic) bond motifs is 1. The van der Waals surface area contributed by atoms with E-state index in [1.807, 2.05) is 52.1 Å². The summed E-state index contributed by atoms with van der Waals surface area (Å²) in [5.41, 5.74) is 10.5. The summed E-state index contributed by atoms with van der Waals surface area (Å²) >= 11 is 1.41. The number of hydrogen-bond acceptors (Lipinski definition) is 5. The van der Waals surface area contributed by atoms with Gasteiger partial charge in [-0.05, 0) is 50.1 Å². The van der Waals surface area contributed by atoms with Crippen molar-refractivity contribution in [2.24, 2.45) is 0 Å². The molecule has 3 aromatic rings. The van der Waals surface area contributed by atoms with Crippen LogP contribution in [0.2, 0.25) is 0 Å². The van der Waals surface area contributed by atoms with Crippen molar-refractivity contribution in [1.82, 2.24) is 14.9 Å². The summed E-state index contributed by atoms with van der Waals surface area (Å²) in [5, 5.41) is 0.523. The van der Waals surface area contributed by atoms with Gasteiger partial charge in [-0.1, -0.05) is 17.4 Å². The molecule has 0 fully saturated rings. The molecule has 1 aromatic carbocycles. The van der Waals surface area contributed by atoms with Crippen LogP contribution in [0.5, 0.6) is 0 Å². The molecular weight excluding hydrogens is 332 g/mol.